The van der Waals surface area contributed by atoms with Gasteiger partial charge in [-0.25, -0.2) is 4.79 Å². The highest BCUT2D eigenvalue weighted by molar-refractivity contribution is 6.01. The van der Waals surface area contributed by atoms with Crippen molar-refractivity contribution in [3.05, 3.63) is 35.9 Å². The minimum Gasteiger partial charge on any atom is -0.480 e. The summed E-state index contributed by atoms with van der Waals surface area (Å²) in [6, 6.07) is -8.48. The summed E-state index contributed by atoms with van der Waals surface area (Å²) in [7, 11) is 0. The van der Waals surface area contributed by atoms with Gasteiger partial charge in [-0.15, -0.1) is 0 Å². The number of hydrogen-bond donors (Lipinski definition) is 19. The molecule has 4 saturated heterocycles. The standard InChI is InChI=1S/C66H105N21O17/c1-4-5-17-42(63(102)87-29-14-22-49(87)62(101)83-45(64(103)104)31-37-15-7-6-8-16-37)80-61(100)48-21-13-28-86(48)52(91)34-75-53(92)38(18-9-10-25-67)77-58(97)44-32-51(90)74-33-46(84-55(94)40(20-12-27-73-66(70)71)78-56(95)41-23-24-50(89)76-41)59(98)79-39(19-11-26-72-65(68)69)54(93)81-43(30-36(2)3)57(96)85-47(35-88)60(99)82-44/h6-8,15-16,36,38-49,88H,4-5,9-14,17-35,67H2,1-3H3,(H,74,90)(H,75,92)(H,76,89)(H,77,97)(H,78,95)(H,79,98)(H,80,100)(H,81,93)(H,82,99)(H,83,101)(H,84,94)(H,85,96)(H,103,104)(H4,68,69,72)(H4,70,71,73)/t38-,39-,40-,41-,42-,43-,44-,45-,46-,47-,48-,49-/m0/s1. The Balaban J connectivity index is 1.39. The number of guanidine groups is 2. The lowest BCUT2D eigenvalue weighted by Gasteiger charge is -2.31. The zero-order chi connectivity index (χ0) is 76.6. The van der Waals surface area contributed by atoms with Crippen LogP contribution in [0.15, 0.2) is 40.3 Å². The Morgan fingerprint density at radius 3 is 1.77 bits per heavy atom. The van der Waals surface area contributed by atoms with Gasteiger partial charge >= 0.3 is 5.97 Å². The highest BCUT2D eigenvalue weighted by Crippen LogP contribution is 2.23. The molecule has 14 amide bonds. The molecule has 1 aromatic carbocycles. The third-order valence-corrected chi connectivity index (χ3v) is 17.8. The normalized spacial score (nSPS) is 22.2. The van der Waals surface area contributed by atoms with Gasteiger partial charge in [0.25, 0.3) is 0 Å². The number of nitrogens with two attached hydrogens (primary N) is 5. The summed E-state index contributed by atoms with van der Waals surface area (Å²) in [5, 5.41) is 50.9. The number of nitrogens with one attached hydrogen (secondary N) is 12. The molecule has 12 atom stereocenters. The number of unbranched alkanes of at least 4 members (excludes halogenated alkanes) is 2. The SMILES string of the molecule is CCCC[C@H](NC(=O)[C@@H]1CCCN1C(=O)CNC(=O)[C@H](CCCCN)NC(=O)[C@@H]1CC(=O)NC[C@H](NC(=O)[C@H](CCCN=C(N)N)NC(=O)[C@@H]2CCC(=O)N2)C(=O)N[C@@H](CCCN=C(N)N)C(=O)N[C@@H](CC(C)C)C(=O)N[C@@H](CO)C(=O)N1)C(=O)N1CCC[C@H]1C(=O)N[C@@H](Cc1ccccc1)C(=O)O. The van der Waals surface area contributed by atoms with Gasteiger partial charge in [0.1, 0.15) is 72.5 Å². The topological polar surface area (TPSA) is 602 Å². The van der Waals surface area contributed by atoms with Gasteiger partial charge in [0, 0.05) is 45.6 Å². The summed E-state index contributed by atoms with van der Waals surface area (Å²) >= 11 is 0. The van der Waals surface area contributed by atoms with Crippen molar-refractivity contribution in [2.24, 2.45) is 44.6 Å². The van der Waals surface area contributed by atoms with Gasteiger partial charge in [-0.2, -0.15) is 0 Å². The zero-order valence-corrected chi connectivity index (χ0v) is 59.2. The number of hydrogen-bond acceptors (Lipinski definition) is 19. The fourth-order valence-corrected chi connectivity index (χ4v) is 12.3. The van der Waals surface area contributed by atoms with E-state index in [9.17, 15) is 82.1 Å². The predicted octanol–water partition coefficient (Wildman–Crippen LogP) is -6.96. The second-order valence-corrected chi connectivity index (χ2v) is 26.5. The maximum Gasteiger partial charge on any atom is 0.326 e. The van der Waals surface area contributed by atoms with Crippen LogP contribution in [0.1, 0.15) is 142 Å². The number of aliphatic hydroxyl groups excluding tert-OH is 1. The van der Waals surface area contributed by atoms with Crippen molar-refractivity contribution in [2.45, 2.75) is 215 Å². The summed E-state index contributed by atoms with van der Waals surface area (Å²) < 4.78 is 0. The molecule has 0 unspecified atom stereocenters. The third-order valence-electron chi connectivity index (χ3n) is 17.8. The number of amides is 14. The van der Waals surface area contributed by atoms with Crippen LogP contribution >= 0.6 is 0 Å². The second kappa shape index (κ2) is 43.0. The highest BCUT2D eigenvalue weighted by Gasteiger charge is 2.43. The number of carbonyl (C=O) groups is 15. The van der Waals surface area contributed by atoms with Crippen molar-refractivity contribution in [1.29, 1.82) is 0 Å². The summed E-state index contributed by atoms with van der Waals surface area (Å²) in [6.45, 7) is 2.97. The first-order chi connectivity index (χ1) is 49.5. The van der Waals surface area contributed by atoms with Crippen LogP contribution in [0.25, 0.3) is 0 Å². The molecule has 0 saturated carbocycles. The van der Waals surface area contributed by atoms with E-state index in [0.29, 0.717) is 37.7 Å². The number of aliphatic imine (C=N–C) groups is 2. The summed E-state index contributed by atoms with van der Waals surface area (Å²) in [4.78, 5) is 220. The Hall–Kier alpha value is -10.3. The van der Waals surface area contributed by atoms with E-state index in [-0.39, 0.29) is 134 Å². The molecule has 0 bridgehead atoms. The largest absolute Gasteiger partial charge is 0.480 e. The van der Waals surface area contributed by atoms with Crippen molar-refractivity contribution >= 4 is 101 Å². The number of aliphatic carboxylic acids is 1. The molecule has 38 nitrogen and oxygen atoms in total. The van der Waals surface area contributed by atoms with E-state index in [1.54, 1.807) is 44.2 Å². The van der Waals surface area contributed by atoms with Gasteiger partial charge in [-0.05, 0) is 108 Å². The Kier molecular flexibility index (Phi) is 34.9. The molecule has 5 rings (SSSR count). The average Bonchev–Trinajstić information content (AvgIpc) is 1.61. The summed E-state index contributed by atoms with van der Waals surface area (Å²) in [5.41, 5.74) is 28.6. The van der Waals surface area contributed by atoms with E-state index >= 15 is 0 Å². The molecule has 576 valence electrons. The molecule has 4 aliphatic rings. The van der Waals surface area contributed by atoms with Crippen LogP contribution in [0, 0.1) is 5.92 Å². The average molecular weight is 1460 g/mol. The Labute approximate surface area is 602 Å². The molecule has 4 aliphatic heterocycles. The van der Waals surface area contributed by atoms with Crippen molar-refractivity contribution in [3.8, 4) is 0 Å². The third kappa shape index (κ3) is 27.5. The van der Waals surface area contributed by atoms with Crippen LogP contribution in [-0.2, 0) is 78.3 Å². The second-order valence-electron chi connectivity index (χ2n) is 26.5. The van der Waals surface area contributed by atoms with Crippen LogP contribution in [-0.4, -0.2) is 246 Å². The molecule has 0 aromatic heterocycles. The van der Waals surface area contributed by atoms with Crippen LogP contribution < -0.4 is 92.5 Å². The molecule has 4 fully saturated rings. The molecule has 0 spiro atoms. The number of nitrogens with zero attached hydrogens (tertiary/aromatic N) is 4. The first-order valence-corrected chi connectivity index (χ1v) is 35.4. The van der Waals surface area contributed by atoms with Crippen LogP contribution in [0.5, 0.6) is 0 Å². The number of rotatable bonds is 35. The van der Waals surface area contributed by atoms with Crippen LogP contribution in [0.4, 0.5) is 0 Å². The maximum absolute atomic E-state index is 14.7. The summed E-state index contributed by atoms with van der Waals surface area (Å²) in [6.07, 6.45) is 1.67. The Morgan fingerprint density at radius 1 is 0.606 bits per heavy atom. The molecule has 38 heteroatoms. The lowest BCUT2D eigenvalue weighted by atomic mass is 10.0. The number of aliphatic hydroxyl groups is 1. The lowest BCUT2D eigenvalue weighted by Crippen LogP contribution is -2.61. The van der Waals surface area contributed by atoms with E-state index in [1.807, 2.05) is 6.92 Å². The van der Waals surface area contributed by atoms with E-state index in [4.69, 9.17) is 28.7 Å². The van der Waals surface area contributed by atoms with Gasteiger partial charge < -0.3 is 112 Å². The monoisotopic (exact) mass is 1460 g/mol. The number of carbonyl (C=O) groups excluding carboxylic acids is 14. The number of likely N-dealkylation sites (tertiary alicyclic amines) is 2. The van der Waals surface area contributed by atoms with Gasteiger partial charge in [-0.3, -0.25) is 77.1 Å². The first kappa shape index (κ1) is 84.4. The van der Waals surface area contributed by atoms with Gasteiger partial charge in [0.2, 0.25) is 82.7 Å². The smallest absolute Gasteiger partial charge is 0.326 e. The molecule has 104 heavy (non-hydrogen) atoms. The lowest BCUT2D eigenvalue weighted by molar-refractivity contribution is -0.145. The highest BCUT2D eigenvalue weighted by atomic mass is 16.4. The molecule has 0 radical (unpaired) electrons. The van der Waals surface area contributed by atoms with Crippen molar-refractivity contribution in [1.82, 2.24) is 73.6 Å². The van der Waals surface area contributed by atoms with Crippen LogP contribution in [0.2, 0.25) is 0 Å². The Bertz CT molecular complexity index is 3240. The van der Waals surface area contributed by atoms with Crippen molar-refractivity contribution in [2.75, 3.05) is 52.4 Å². The van der Waals surface area contributed by atoms with Gasteiger partial charge in [0.15, 0.2) is 11.9 Å². The van der Waals surface area contributed by atoms with Crippen molar-refractivity contribution < 1.29 is 82.1 Å². The number of benzene rings is 1. The molecule has 4 heterocycles. The number of carboxylic acids is 1. The van der Waals surface area contributed by atoms with E-state index < -0.39 is 187 Å². The minimum atomic E-state index is -1.97. The fourth-order valence-electron chi connectivity index (χ4n) is 12.3. The van der Waals surface area contributed by atoms with Gasteiger partial charge in [-0.1, -0.05) is 63.9 Å². The molecule has 0 aliphatic carbocycles. The maximum atomic E-state index is 14.7. The molecular formula is C66H105N21O17. The van der Waals surface area contributed by atoms with E-state index in [1.165, 1.54) is 9.80 Å². The molecule has 1 aromatic rings. The summed E-state index contributed by atoms with van der Waals surface area (Å²) in [5.74, 6) is -14.5. The predicted molar refractivity (Wildman–Crippen MR) is 375 cm³/mol. The fraction of sp³-hybridized carbons (Fsp3) is 0.652. The number of carboxylic acid groups (broad SMARTS) is 1. The molecular weight excluding hydrogens is 1360 g/mol. The molecule has 24 N–H and O–H groups in total. The zero-order valence-electron chi connectivity index (χ0n) is 59.2. The van der Waals surface area contributed by atoms with Crippen LogP contribution in [0.3, 0.4) is 0 Å². The first-order valence-electron chi connectivity index (χ1n) is 35.4. The minimum absolute atomic E-state index is 0.00570. The van der Waals surface area contributed by atoms with Crippen molar-refractivity contribution in [3.63, 3.8) is 0 Å². The van der Waals surface area contributed by atoms with E-state index in [2.05, 4.69) is 73.8 Å². The quantitative estimate of drug-likeness (QED) is 0.0171. The van der Waals surface area contributed by atoms with Gasteiger partial charge in [0.05, 0.1) is 19.6 Å². The Morgan fingerprint density at radius 2 is 1.16 bits per heavy atom. The van der Waals surface area contributed by atoms with E-state index in [0.717, 1.165) is 0 Å².